The Hall–Kier alpha value is -2.14. The first kappa shape index (κ1) is 18.2. The first-order valence-corrected chi connectivity index (χ1v) is 8.51. The van der Waals surface area contributed by atoms with Crippen molar-refractivity contribution in [1.82, 2.24) is 15.2 Å². The number of nitrogens with zero attached hydrogens (tertiary/aromatic N) is 1. The molecule has 5 heteroatoms. The summed E-state index contributed by atoms with van der Waals surface area (Å²) in [6.07, 6.45) is 0.932. The lowest BCUT2D eigenvalue weighted by Gasteiger charge is -2.17. The Morgan fingerprint density at radius 3 is 2.50 bits per heavy atom. The molecule has 0 unspecified atom stereocenters. The molecule has 0 fully saturated rings. The molecule has 2 N–H and O–H groups in total. The van der Waals surface area contributed by atoms with Gasteiger partial charge in [0.05, 0.1) is 5.56 Å². The van der Waals surface area contributed by atoms with Gasteiger partial charge in [0.2, 0.25) is 0 Å². The topological polar surface area (TPSA) is 48.1 Å². The Balaban J connectivity index is 1.94. The van der Waals surface area contributed by atoms with Crippen LogP contribution >= 0.6 is 0 Å². The average Bonchev–Trinajstić information content (AvgIpc) is 2.97. The first-order valence-electron chi connectivity index (χ1n) is 8.51. The van der Waals surface area contributed by atoms with Gasteiger partial charge in [-0.15, -0.1) is 0 Å². The minimum absolute atomic E-state index is 0.0725. The van der Waals surface area contributed by atoms with Crippen LogP contribution in [0.3, 0.4) is 0 Å². The van der Waals surface area contributed by atoms with Crippen molar-refractivity contribution in [1.29, 1.82) is 0 Å². The Morgan fingerprint density at radius 2 is 1.88 bits per heavy atom. The second kappa shape index (κ2) is 8.64. The molecule has 1 aromatic carbocycles. The Bertz CT molecular complexity index is 660. The van der Waals surface area contributed by atoms with E-state index in [-0.39, 0.29) is 11.7 Å². The van der Waals surface area contributed by atoms with Crippen LogP contribution in [0.15, 0.2) is 30.3 Å². The van der Waals surface area contributed by atoms with E-state index in [2.05, 4.69) is 29.0 Å². The van der Waals surface area contributed by atoms with E-state index < -0.39 is 0 Å². The smallest absolute Gasteiger partial charge is 0.253 e. The molecule has 24 heavy (non-hydrogen) atoms. The highest BCUT2D eigenvalue weighted by Gasteiger charge is 2.13. The molecule has 130 valence electrons. The number of H-pyrrole nitrogens is 1. The monoisotopic (exact) mass is 331 g/mol. The van der Waals surface area contributed by atoms with Crippen molar-refractivity contribution in [3.05, 3.63) is 47.4 Å². The maximum absolute atomic E-state index is 13.0. The van der Waals surface area contributed by atoms with Gasteiger partial charge in [-0.25, -0.2) is 4.39 Å². The molecule has 0 aliphatic carbocycles. The number of aryl methyl sites for hydroxylation is 1. The molecule has 0 aliphatic heterocycles. The van der Waals surface area contributed by atoms with Gasteiger partial charge in [-0.2, -0.15) is 0 Å². The van der Waals surface area contributed by atoms with Gasteiger partial charge < -0.3 is 15.2 Å². The van der Waals surface area contributed by atoms with Gasteiger partial charge in [0, 0.05) is 17.9 Å². The summed E-state index contributed by atoms with van der Waals surface area (Å²) >= 11 is 0. The van der Waals surface area contributed by atoms with Gasteiger partial charge in [0.25, 0.3) is 5.91 Å². The highest BCUT2D eigenvalue weighted by atomic mass is 19.1. The van der Waals surface area contributed by atoms with E-state index in [0.29, 0.717) is 12.1 Å². The summed E-state index contributed by atoms with van der Waals surface area (Å²) in [5.74, 6) is -0.343. The standard InChI is InChI=1S/C19H26FN3O/c1-4-23(5-2)12-6-11-21-19(24)17-13-18(22-14(17)3)15-7-9-16(20)10-8-15/h7-10,13,22H,4-6,11-12H2,1-3H3,(H,21,24). The van der Waals surface area contributed by atoms with E-state index in [1.165, 1.54) is 12.1 Å². The molecule has 4 nitrogen and oxygen atoms in total. The number of nitrogens with one attached hydrogen (secondary N) is 2. The maximum Gasteiger partial charge on any atom is 0.253 e. The third-order valence-electron chi connectivity index (χ3n) is 4.25. The van der Waals surface area contributed by atoms with Gasteiger partial charge in [0.1, 0.15) is 5.82 Å². The fraction of sp³-hybridized carbons (Fsp3) is 0.421. The van der Waals surface area contributed by atoms with Crippen molar-refractivity contribution in [2.24, 2.45) is 0 Å². The fourth-order valence-corrected chi connectivity index (χ4v) is 2.72. The second-order valence-electron chi connectivity index (χ2n) is 5.86. The van der Waals surface area contributed by atoms with Crippen LogP contribution in [0.5, 0.6) is 0 Å². The van der Waals surface area contributed by atoms with Gasteiger partial charge in [-0.1, -0.05) is 13.8 Å². The van der Waals surface area contributed by atoms with E-state index in [4.69, 9.17) is 0 Å². The van der Waals surface area contributed by atoms with Crippen LogP contribution in [0.2, 0.25) is 0 Å². The molecule has 0 spiro atoms. The van der Waals surface area contributed by atoms with Crippen molar-refractivity contribution in [2.45, 2.75) is 27.2 Å². The van der Waals surface area contributed by atoms with Crippen LogP contribution in [0, 0.1) is 12.7 Å². The van der Waals surface area contributed by atoms with Crippen molar-refractivity contribution >= 4 is 5.91 Å². The van der Waals surface area contributed by atoms with E-state index in [1.54, 1.807) is 12.1 Å². The average molecular weight is 331 g/mol. The molecule has 0 radical (unpaired) electrons. The number of halogens is 1. The normalized spacial score (nSPS) is 11.0. The molecule has 1 aromatic heterocycles. The van der Waals surface area contributed by atoms with Crippen molar-refractivity contribution < 1.29 is 9.18 Å². The predicted molar refractivity (Wildman–Crippen MR) is 95.7 cm³/mol. The molecule has 2 rings (SSSR count). The number of carbonyl (C=O) groups is 1. The quantitative estimate of drug-likeness (QED) is 0.726. The summed E-state index contributed by atoms with van der Waals surface area (Å²) in [5, 5.41) is 2.97. The van der Waals surface area contributed by atoms with Gasteiger partial charge in [-0.05, 0) is 68.9 Å². The highest BCUT2D eigenvalue weighted by molar-refractivity contribution is 5.96. The zero-order valence-electron chi connectivity index (χ0n) is 14.7. The predicted octanol–water partition coefficient (Wildman–Crippen LogP) is 3.59. The lowest BCUT2D eigenvalue weighted by atomic mass is 10.1. The van der Waals surface area contributed by atoms with Crippen molar-refractivity contribution in [2.75, 3.05) is 26.2 Å². The van der Waals surface area contributed by atoms with E-state index >= 15 is 0 Å². The van der Waals surface area contributed by atoms with E-state index in [1.807, 2.05) is 13.0 Å². The molecular formula is C19H26FN3O. The molecule has 0 atom stereocenters. The number of benzene rings is 1. The first-order chi connectivity index (χ1) is 11.5. The van der Waals surface area contributed by atoms with E-state index in [0.717, 1.165) is 43.0 Å². The van der Waals surface area contributed by atoms with Gasteiger partial charge in [0.15, 0.2) is 0 Å². The van der Waals surface area contributed by atoms with Crippen LogP contribution in [-0.2, 0) is 0 Å². The Labute approximate surface area is 143 Å². The summed E-state index contributed by atoms with van der Waals surface area (Å²) in [6, 6.07) is 8.05. The number of hydrogen-bond donors (Lipinski definition) is 2. The molecule has 1 amide bonds. The molecule has 0 aliphatic rings. The van der Waals surface area contributed by atoms with Crippen molar-refractivity contribution in [3.8, 4) is 11.3 Å². The largest absolute Gasteiger partial charge is 0.358 e. The van der Waals surface area contributed by atoms with Gasteiger partial charge >= 0.3 is 0 Å². The number of aromatic amines is 1. The van der Waals surface area contributed by atoms with E-state index in [9.17, 15) is 9.18 Å². The Morgan fingerprint density at radius 1 is 1.21 bits per heavy atom. The molecule has 1 heterocycles. The van der Waals surface area contributed by atoms with Crippen molar-refractivity contribution in [3.63, 3.8) is 0 Å². The fourth-order valence-electron chi connectivity index (χ4n) is 2.72. The lowest BCUT2D eigenvalue weighted by Crippen LogP contribution is -2.30. The SMILES string of the molecule is CCN(CC)CCCNC(=O)c1cc(-c2ccc(F)cc2)[nH]c1C. The minimum Gasteiger partial charge on any atom is -0.358 e. The highest BCUT2D eigenvalue weighted by Crippen LogP contribution is 2.22. The zero-order valence-corrected chi connectivity index (χ0v) is 14.7. The second-order valence-corrected chi connectivity index (χ2v) is 5.86. The number of amides is 1. The number of rotatable bonds is 8. The molecule has 0 bridgehead atoms. The Kier molecular flexibility index (Phi) is 6.55. The van der Waals surface area contributed by atoms with Gasteiger partial charge in [-0.3, -0.25) is 4.79 Å². The number of aromatic nitrogens is 1. The number of hydrogen-bond acceptors (Lipinski definition) is 2. The summed E-state index contributed by atoms with van der Waals surface area (Å²) in [5.41, 5.74) is 3.13. The third-order valence-corrected chi connectivity index (χ3v) is 4.25. The summed E-state index contributed by atoms with van der Waals surface area (Å²) in [4.78, 5) is 17.9. The van der Waals surface area contributed by atoms with Crippen LogP contribution in [0.25, 0.3) is 11.3 Å². The number of carbonyl (C=O) groups excluding carboxylic acids is 1. The van der Waals surface area contributed by atoms with Crippen LogP contribution in [0.4, 0.5) is 4.39 Å². The molecule has 0 saturated heterocycles. The summed E-state index contributed by atoms with van der Waals surface area (Å²) in [6.45, 7) is 9.86. The molecule has 0 saturated carbocycles. The summed E-state index contributed by atoms with van der Waals surface area (Å²) < 4.78 is 13.0. The minimum atomic E-state index is -0.270. The third kappa shape index (κ3) is 4.68. The van der Waals surface area contributed by atoms with Crippen LogP contribution in [-0.4, -0.2) is 42.0 Å². The molecule has 2 aromatic rings. The zero-order chi connectivity index (χ0) is 17.5. The summed E-state index contributed by atoms with van der Waals surface area (Å²) in [7, 11) is 0. The maximum atomic E-state index is 13.0. The van der Waals surface area contributed by atoms with Crippen LogP contribution in [0.1, 0.15) is 36.3 Å². The lowest BCUT2D eigenvalue weighted by molar-refractivity contribution is 0.0951. The molecular weight excluding hydrogens is 305 g/mol. The van der Waals surface area contributed by atoms with Crippen LogP contribution < -0.4 is 5.32 Å².